The Labute approximate surface area is 389 Å². The van der Waals surface area contributed by atoms with Gasteiger partial charge in [-0.2, -0.15) is 0 Å². The van der Waals surface area contributed by atoms with Crippen LogP contribution in [-0.2, 0) is 19.1 Å². The maximum absolute atomic E-state index is 14.1. The first-order valence-corrected chi connectivity index (χ1v) is 21.4. The van der Waals surface area contributed by atoms with E-state index in [1.165, 1.54) is 63.4 Å². The Balaban J connectivity index is 1.24. The molecule has 0 spiro atoms. The SMILES string of the molecule is C=C(C)C(=O)COC(=O)c1ccc(Sc2ccc(C(=O)OCC(=O)C(=C)C)c(C(=O)Nc3cccc(C(=O)Nc4cccc5c(NC(=O)c6cccc(C)c6)cccc45)c3)c2)cc1C(=O)NC. The van der Waals surface area contributed by atoms with E-state index >= 15 is 0 Å². The van der Waals surface area contributed by atoms with Gasteiger partial charge in [-0.05, 0) is 111 Å². The molecule has 0 aliphatic rings. The van der Waals surface area contributed by atoms with Gasteiger partial charge in [0.2, 0.25) is 0 Å². The molecule has 0 bridgehead atoms. The van der Waals surface area contributed by atoms with E-state index < -0.39 is 54.4 Å². The molecule has 6 rings (SSSR count). The van der Waals surface area contributed by atoms with E-state index in [9.17, 15) is 38.4 Å². The summed E-state index contributed by atoms with van der Waals surface area (Å²) in [6.07, 6.45) is 0. The summed E-state index contributed by atoms with van der Waals surface area (Å²) in [5, 5.41) is 12.5. The lowest BCUT2D eigenvalue weighted by Gasteiger charge is -2.14. The molecule has 15 heteroatoms. The predicted molar refractivity (Wildman–Crippen MR) is 256 cm³/mol. The molecule has 67 heavy (non-hydrogen) atoms. The number of ether oxygens (including phenoxy) is 2. The van der Waals surface area contributed by atoms with Gasteiger partial charge in [0, 0.05) is 55.8 Å². The molecule has 0 aliphatic heterocycles. The molecule has 0 saturated heterocycles. The van der Waals surface area contributed by atoms with Crippen molar-refractivity contribution in [2.75, 3.05) is 36.2 Å². The van der Waals surface area contributed by atoms with E-state index in [4.69, 9.17) is 9.47 Å². The zero-order valence-electron chi connectivity index (χ0n) is 36.9. The Morgan fingerprint density at radius 2 is 0.970 bits per heavy atom. The minimum absolute atomic E-state index is 0.0443. The van der Waals surface area contributed by atoms with Crippen LogP contribution in [0.3, 0.4) is 0 Å². The zero-order valence-corrected chi connectivity index (χ0v) is 37.7. The number of rotatable bonds is 17. The molecule has 14 nitrogen and oxygen atoms in total. The number of hydrogen-bond acceptors (Lipinski definition) is 11. The minimum Gasteiger partial charge on any atom is -0.454 e. The average Bonchev–Trinajstić information content (AvgIpc) is 3.32. The van der Waals surface area contributed by atoms with E-state index in [1.807, 2.05) is 31.2 Å². The summed E-state index contributed by atoms with van der Waals surface area (Å²) >= 11 is 1.09. The summed E-state index contributed by atoms with van der Waals surface area (Å²) in [6, 6.07) is 32.7. The molecule has 4 amide bonds. The third kappa shape index (κ3) is 12.0. The molecule has 0 atom stereocenters. The van der Waals surface area contributed by atoms with E-state index in [0.29, 0.717) is 37.5 Å². The normalized spacial score (nSPS) is 10.6. The second-order valence-electron chi connectivity index (χ2n) is 15.2. The third-order valence-electron chi connectivity index (χ3n) is 10.1. The van der Waals surface area contributed by atoms with Crippen molar-refractivity contribution in [1.29, 1.82) is 0 Å². The lowest BCUT2D eigenvalue weighted by atomic mass is 10.1. The molecule has 6 aromatic carbocycles. The number of ketones is 2. The molecule has 0 saturated carbocycles. The summed E-state index contributed by atoms with van der Waals surface area (Å²) in [7, 11) is 1.38. The number of fused-ring (bicyclic) bond motifs is 1. The second-order valence-corrected chi connectivity index (χ2v) is 16.3. The molecule has 0 aromatic heterocycles. The van der Waals surface area contributed by atoms with Gasteiger partial charge in [0.25, 0.3) is 23.6 Å². The number of hydrogen-bond donors (Lipinski definition) is 4. The Morgan fingerprint density at radius 1 is 0.507 bits per heavy atom. The smallest absolute Gasteiger partial charge is 0.339 e. The van der Waals surface area contributed by atoms with Crippen molar-refractivity contribution in [1.82, 2.24) is 5.32 Å². The highest BCUT2D eigenvalue weighted by atomic mass is 32.2. The second kappa shape index (κ2) is 21.5. The number of benzene rings is 6. The van der Waals surface area contributed by atoms with Crippen LogP contribution in [0.2, 0.25) is 0 Å². The van der Waals surface area contributed by atoms with Crippen molar-refractivity contribution in [2.45, 2.75) is 30.6 Å². The Bertz CT molecular complexity index is 3050. The Kier molecular flexibility index (Phi) is 15.4. The standard InChI is InChI=1S/C52H44N4O10S/c1-29(2)45(57)27-65-51(63)39-21-19-35(25-41(39)49(61)53-6)67-36-20-22-40(52(64)66-28-46(58)30(3)4)42(26-36)50(62)54-34-14-8-13-33(24-34)48(60)56-44-18-10-15-37-38(44)16-9-17-43(37)55-47(59)32-12-7-11-31(5)23-32/h7-26H,1,3,27-28H2,2,4-6H3,(H,53,61)(H,54,62)(H,55,59)(H,56,60). The Hall–Kier alpha value is -8.43. The summed E-state index contributed by atoms with van der Waals surface area (Å²) in [5.41, 5.74) is 2.76. The van der Waals surface area contributed by atoms with Crippen LogP contribution in [0.4, 0.5) is 17.1 Å². The highest BCUT2D eigenvalue weighted by molar-refractivity contribution is 7.99. The molecular weight excluding hydrogens is 873 g/mol. The summed E-state index contributed by atoms with van der Waals surface area (Å²) in [5.74, 6) is -5.02. The quantitative estimate of drug-likeness (QED) is 0.0502. The maximum atomic E-state index is 14.1. The number of aryl methyl sites for hydroxylation is 1. The fraction of sp³-hybridized carbons (Fsp3) is 0.115. The van der Waals surface area contributed by atoms with Crippen LogP contribution < -0.4 is 21.3 Å². The van der Waals surface area contributed by atoms with Gasteiger partial charge in [-0.1, -0.05) is 72.9 Å². The highest BCUT2D eigenvalue weighted by Gasteiger charge is 2.24. The lowest BCUT2D eigenvalue weighted by Crippen LogP contribution is -2.23. The lowest BCUT2D eigenvalue weighted by molar-refractivity contribution is -0.119. The van der Waals surface area contributed by atoms with Gasteiger partial charge in [-0.15, -0.1) is 0 Å². The molecule has 0 unspecified atom stereocenters. The van der Waals surface area contributed by atoms with Gasteiger partial charge in [0.1, 0.15) is 0 Å². The van der Waals surface area contributed by atoms with E-state index in [-0.39, 0.29) is 50.6 Å². The van der Waals surface area contributed by atoms with Crippen molar-refractivity contribution in [3.63, 3.8) is 0 Å². The number of amides is 4. The van der Waals surface area contributed by atoms with E-state index in [1.54, 1.807) is 54.6 Å². The number of nitrogens with one attached hydrogen (secondary N) is 4. The summed E-state index contributed by atoms with van der Waals surface area (Å²) in [6.45, 7) is 10.8. The highest BCUT2D eigenvalue weighted by Crippen LogP contribution is 2.33. The average molecular weight is 917 g/mol. The largest absolute Gasteiger partial charge is 0.454 e. The van der Waals surface area contributed by atoms with E-state index in [0.717, 1.165) is 17.3 Å². The molecule has 0 radical (unpaired) electrons. The Morgan fingerprint density at radius 3 is 1.45 bits per heavy atom. The van der Waals surface area contributed by atoms with Crippen LogP contribution in [0.1, 0.15) is 81.6 Å². The van der Waals surface area contributed by atoms with Gasteiger partial charge in [0.15, 0.2) is 24.8 Å². The van der Waals surface area contributed by atoms with Crippen LogP contribution in [-0.4, -0.2) is 67.4 Å². The van der Waals surface area contributed by atoms with Crippen molar-refractivity contribution in [3.05, 3.63) is 185 Å². The summed E-state index contributed by atoms with van der Waals surface area (Å²) in [4.78, 5) is 105. The van der Waals surface area contributed by atoms with Gasteiger partial charge in [0.05, 0.1) is 22.3 Å². The zero-order chi connectivity index (χ0) is 48.4. The molecular formula is C52H44N4O10S. The number of esters is 2. The maximum Gasteiger partial charge on any atom is 0.339 e. The van der Waals surface area contributed by atoms with Crippen LogP contribution in [0.15, 0.2) is 155 Å². The molecule has 0 fully saturated rings. The minimum atomic E-state index is -0.965. The number of carbonyl (C=O) groups is 8. The van der Waals surface area contributed by atoms with Crippen LogP contribution in [0.25, 0.3) is 10.8 Å². The van der Waals surface area contributed by atoms with Gasteiger partial charge in [-0.25, -0.2) is 9.59 Å². The first kappa shape index (κ1) is 48.0. The third-order valence-corrected chi connectivity index (χ3v) is 11.1. The summed E-state index contributed by atoms with van der Waals surface area (Å²) < 4.78 is 10.4. The van der Waals surface area contributed by atoms with Crippen LogP contribution >= 0.6 is 11.8 Å². The van der Waals surface area contributed by atoms with Crippen molar-refractivity contribution < 1.29 is 47.8 Å². The number of Topliss-reactive ketones (excluding diaryl/α,β-unsaturated/α-hetero) is 2. The predicted octanol–water partition coefficient (Wildman–Crippen LogP) is 9.02. The molecule has 4 N–H and O–H groups in total. The van der Waals surface area contributed by atoms with Crippen molar-refractivity contribution >= 4 is 86.7 Å². The van der Waals surface area contributed by atoms with Gasteiger partial charge >= 0.3 is 11.9 Å². The van der Waals surface area contributed by atoms with Crippen LogP contribution in [0, 0.1) is 6.92 Å². The first-order valence-electron chi connectivity index (χ1n) is 20.5. The van der Waals surface area contributed by atoms with Gasteiger partial charge in [-0.3, -0.25) is 28.8 Å². The fourth-order valence-corrected chi connectivity index (χ4v) is 7.38. The van der Waals surface area contributed by atoms with E-state index in [2.05, 4.69) is 34.4 Å². The monoisotopic (exact) mass is 916 g/mol. The number of carbonyl (C=O) groups excluding carboxylic acids is 8. The van der Waals surface area contributed by atoms with Crippen molar-refractivity contribution in [3.8, 4) is 0 Å². The van der Waals surface area contributed by atoms with Gasteiger partial charge < -0.3 is 30.7 Å². The first-order chi connectivity index (χ1) is 32.0. The molecule has 338 valence electrons. The van der Waals surface area contributed by atoms with Crippen LogP contribution in [0.5, 0.6) is 0 Å². The molecule has 0 heterocycles. The number of anilines is 3. The molecule has 6 aromatic rings. The van der Waals surface area contributed by atoms with Crippen molar-refractivity contribution in [2.24, 2.45) is 0 Å². The topological polar surface area (TPSA) is 203 Å². The molecule has 0 aliphatic carbocycles. The fourth-order valence-electron chi connectivity index (χ4n) is 6.48.